The Kier molecular flexibility index (Phi) is 3.61. The lowest BCUT2D eigenvalue weighted by molar-refractivity contribution is -0.0310. The summed E-state index contributed by atoms with van der Waals surface area (Å²) in [5.41, 5.74) is 7.67. The second-order valence-electron chi connectivity index (χ2n) is 6.19. The van der Waals surface area contributed by atoms with Gasteiger partial charge in [0.15, 0.2) is 0 Å². The minimum atomic E-state index is 0.187. The van der Waals surface area contributed by atoms with Crippen molar-refractivity contribution in [1.82, 2.24) is 4.90 Å². The predicted molar refractivity (Wildman–Crippen MR) is 76.8 cm³/mol. The minimum Gasteiger partial charge on any atom is -0.375 e. The number of hydrogen-bond donors (Lipinski definition) is 1. The van der Waals surface area contributed by atoms with E-state index in [2.05, 4.69) is 42.2 Å². The van der Waals surface area contributed by atoms with Gasteiger partial charge in [0.05, 0.1) is 12.2 Å². The Morgan fingerprint density at radius 2 is 2.16 bits per heavy atom. The van der Waals surface area contributed by atoms with Gasteiger partial charge in [0.1, 0.15) is 0 Å². The van der Waals surface area contributed by atoms with Crippen molar-refractivity contribution in [3.8, 4) is 0 Å². The molecule has 0 aromatic heterocycles. The van der Waals surface area contributed by atoms with Crippen LogP contribution in [0.4, 0.5) is 0 Å². The SMILES string of the molecule is C[C@@H]1C[C@@]2(CN)CN(Cc3ccccc3)CC[C@H]2O1. The quantitative estimate of drug-likeness (QED) is 0.903. The molecular formula is C16H24N2O. The molecule has 3 heteroatoms. The van der Waals surface area contributed by atoms with E-state index < -0.39 is 0 Å². The fourth-order valence-corrected chi connectivity index (χ4v) is 3.80. The highest BCUT2D eigenvalue weighted by Gasteiger charge is 2.49. The number of hydrogen-bond acceptors (Lipinski definition) is 3. The summed E-state index contributed by atoms with van der Waals surface area (Å²) < 4.78 is 6.05. The number of piperidine rings is 1. The molecule has 104 valence electrons. The fourth-order valence-electron chi connectivity index (χ4n) is 3.80. The first-order valence-corrected chi connectivity index (χ1v) is 7.34. The van der Waals surface area contributed by atoms with E-state index in [1.807, 2.05) is 0 Å². The second kappa shape index (κ2) is 5.23. The van der Waals surface area contributed by atoms with Gasteiger partial charge in [-0.1, -0.05) is 30.3 Å². The smallest absolute Gasteiger partial charge is 0.0672 e. The van der Waals surface area contributed by atoms with Crippen LogP contribution in [0, 0.1) is 5.41 Å². The average Bonchev–Trinajstić information content (AvgIpc) is 2.76. The number of nitrogens with zero attached hydrogens (tertiary/aromatic N) is 1. The molecular weight excluding hydrogens is 236 g/mol. The van der Waals surface area contributed by atoms with E-state index in [9.17, 15) is 0 Å². The van der Waals surface area contributed by atoms with E-state index in [0.717, 1.165) is 39.0 Å². The van der Waals surface area contributed by atoms with Crippen LogP contribution in [0.1, 0.15) is 25.3 Å². The molecule has 0 aliphatic carbocycles. The summed E-state index contributed by atoms with van der Waals surface area (Å²) in [5, 5.41) is 0. The molecule has 0 amide bonds. The number of fused-ring (bicyclic) bond motifs is 1. The van der Waals surface area contributed by atoms with Gasteiger partial charge in [0.2, 0.25) is 0 Å². The maximum Gasteiger partial charge on any atom is 0.0672 e. The van der Waals surface area contributed by atoms with Crippen molar-refractivity contribution in [1.29, 1.82) is 0 Å². The Bertz CT molecular complexity index is 422. The summed E-state index contributed by atoms with van der Waals surface area (Å²) in [6.45, 7) is 6.15. The third-order valence-electron chi connectivity index (χ3n) is 4.68. The van der Waals surface area contributed by atoms with Gasteiger partial charge in [-0.15, -0.1) is 0 Å². The molecule has 2 N–H and O–H groups in total. The van der Waals surface area contributed by atoms with Gasteiger partial charge in [-0.3, -0.25) is 4.90 Å². The van der Waals surface area contributed by atoms with E-state index in [4.69, 9.17) is 10.5 Å². The zero-order chi connectivity index (χ0) is 13.3. The first kappa shape index (κ1) is 13.1. The van der Waals surface area contributed by atoms with Gasteiger partial charge < -0.3 is 10.5 Å². The molecule has 2 aliphatic rings. The molecule has 2 saturated heterocycles. The maximum atomic E-state index is 6.09. The molecule has 3 rings (SSSR count). The predicted octanol–water partition coefficient (Wildman–Crippen LogP) is 2.01. The molecule has 2 heterocycles. The van der Waals surface area contributed by atoms with Crippen molar-refractivity contribution in [2.75, 3.05) is 19.6 Å². The maximum absolute atomic E-state index is 6.09. The number of benzene rings is 1. The molecule has 19 heavy (non-hydrogen) atoms. The van der Waals surface area contributed by atoms with Gasteiger partial charge in [-0.25, -0.2) is 0 Å². The lowest BCUT2D eigenvalue weighted by atomic mass is 9.75. The van der Waals surface area contributed by atoms with E-state index in [-0.39, 0.29) is 5.41 Å². The molecule has 3 nitrogen and oxygen atoms in total. The summed E-state index contributed by atoms with van der Waals surface area (Å²) in [4.78, 5) is 2.54. The Balaban J connectivity index is 1.70. The van der Waals surface area contributed by atoms with Crippen LogP contribution in [0.5, 0.6) is 0 Å². The van der Waals surface area contributed by atoms with E-state index >= 15 is 0 Å². The lowest BCUT2D eigenvalue weighted by Crippen LogP contribution is -2.52. The fraction of sp³-hybridized carbons (Fsp3) is 0.625. The van der Waals surface area contributed by atoms with Crippen molar-refractivity contribution < 1.29 is 4.74 Å². The normalized spacial score (nSPS) is 35.3. The first-order chi connectivity index (χ1) is 9.22. The zero-order valence-electron chi connectivity index (χ0n) is 11.7. The van der Waals surface area contributed by atoms with E-state index in [1.165, 1.54) is 5.56 Å². The van der Waals surface area contributed by atoms with Crippen LogP contribution in [-0.4, -0.2) is 36.7 Å². The number of nitrogens with two attached hydrogens (primary N) is 1. The van der Waals surface area contributed by atoms with Crippen molar-refractivity contribution in [3.63, 3.8) is 0 Å². The highest BCUT2D eigenvalue weighted by molar-refractivity contribution is 5.15. The minimum absolute atomic E-state index is 0.187. The summed E-state index contributed by atoms with van der Waals surface area (Å²) in [7, 11) is 0. The Hall–Kier alpha value is -0.900. The average molecular weight is 260 g/mol. The van der Waals surface area contributed by atoms with E-state index in [1.54, 1.807) is 0 Å². The van der Waals surface area contributed by atoms with Crippen LogP contribution in [-0.2, 0) is 11.3 Å². The number of rotatable bonds is 3. The summed E-state index contributed by atoms with van der Waals surface area (Å²) >= 11 is 0. The van der Waals surface area contributed by atoms with Gasteiger partial charge in [-0.2, -0.15) is 0 Å². The Labute approximate surface area is 115 Å². The number of likely N-dealkylation sites (tertiary alicyclic amines) is 1. The van der Waals surface area contributed by atoms with Crippen molar-refractivity contribution >= 4 is 0 Å². The largest absolute Gasteiger partial charge is 0.375 e. The van der Waals surface area contributed by atoms with Crippen LogP contribution in [0.25, 0.3) is 0 Å². The molecule has 1 aromatic carbocycles. The Morgan fingerprint density at radius 3 is 2.89 bits per heavy atom. The van der Waals surface area contributed by atoms with Crippen LogP contribution >= 0.6 is 0 Å². The highest BCUT2D eigenvalue weighted by atomic mass is 16.5. The van der Waals surface area contributed by atoms with Crippen molar-refractivity contribution in [2.24, 2.45) is 11.1 Å². The van der Waals surface area contributed by atoms with E-state index in [0.29, 0.717) is 12.2 Å². The molecule has 0 spiro atoms. The first-order valence-electron chi connectivity index (χ1n) is 7.34. The van der Waals surface area contributed by atoms with Crippen LogP contribution in [0.3, 0.4) is 0 Å². The van der Waals surface area contributed by atoms with Gasteiger partial charge in [0.25, 0.3) is 0 Å². The van der Waals surface area contributed by atoms with Gasteiger partial charge >= 0.3 is 0 Å². The topological polar surface area (TPSA) is 38.5 Å². The highest BCUT2D eigenvalue weighted by Crippen LogP contribution is 2.43. The summed E-state index contributed by atoms with van der Waals surface area (Å²) in [5.74, 6) is 0. The van der Waals surface area contributed by atoms with Crippen LogP contribution in [0.15, 0.2) is 30.3 Å². The summed E-state index contributed by atoms with van der Waals surface area (Å²) in [6.07, 6.45) is 2.97. The number of ether oxygens (including phenoxy) is 1. The lowest BCUT2D eigenvalue weighted by Gasteiger charge is -2.43. The van der Waals surface area contributed by atoms with Crippen LogP contribution < -0.4 is 5.73 Å². The Morgan fingerprint density at radius 1 is 1.37 bits per heavy atom. The summed E-state index contributed by atoms with van der Waals surface area (Å²) in [6, 6.07) is 10.7. The molecule has 0 bridgehead atoms. The standard InChI is InChI=1S/C16H24N2O/c1-13-9-16(11-17)12-18(8-7-15(16)19-13)10-14-5-3-2-4-6-14/h2-6,13,15H,7-12,17H2,1H3/t13-,15-,16-/m1/s1. The molecule has 1 aromatic rings. The molecule has 0 saturated carbocycles. The van der Waals surface area contributed by atoms with Crippen molar-refractivity contribution in [3.05, 3.63) is 35.9 Å². The third-order valence-corrected chi connectivity index (χ3v) is 4.68. The third kappa shape index (κ3) is 2.55. The molecule has 2 aliphatic heterocycles. The molecule has 0 unspecified atom stereocenters. The van der Waals surface area contributed by atoms with Gasteiger partial charge in [-0.05, 0) is 25.3 Å². The van der Waals surface area contributed by atoms with Gasteiger partial charge in [0, 0.05) is 31.6 Å². The van der Waals surface area contributed by atoms with Crippen LogP contribution in [0.2, 0.25) is 0 Å². The molecule has 0 radical (unpaired) electrons. The second-order valence-corrected chi connectivity index (χ2v) is 6.19. The zero-order valence-corrected chi connectivity index (χ0v) is 11.7. The van der Waals surface area contributed by atoms with Crippen molar-refractivity contribution in [2.45, 2.75) is 38.5 Å². The molecule has 3 atom stereocenters. The molecule has 2 fully saturated rings. The monoisotopic (exact) mass is 260 g/mol.